The van der Waals surface area contributed by atoms with E-state index in [1.807, 2.05) is 24.3 Å². The number of nitrogens with one attached hydrogen (secondary N) is 1. The first kappa shape index (κ1) is 22.3. The highest BCUT2D eigenvalue weighted by atomic mass is 35.5. The Balaban J connectivity index is 0.00000156. The number of rotatable bonds is 6. The fourth-order valence-corrected chi connectivity index (χ4v) is 2.94. The van der Waals surface area contributed by atoms with Gasteiger partial charge in [-0.15, -0.1) is 24.8 Å². The van der Waals surface area contributed by atoms with Gasteiger partial charge in [0.2, 0.25) is 5.91 Å². The van der Waals surface area contributed by atoms with Crippen molar-refractivity contribution in [2.45, 2.75) is 37.3 Å². The Bertz CT molecular complexity index is 545. The van der Waals surface area contributed by atoms with E-state index in [0.29, 0.717) is 11.6 Å². The molecule has 1 saturated heterocycles. The van der Waals surface area contributed by atoms with Gasteiger partial charge in [-0.3, -0.25) is 9.69 Å². The summed E-state index contributed by atoms with van der Waals surface area (Å²) in [5.41, 5.74) is 5.35. The summed E-state index contributed by atoms with van der Waals surface area (Å²) in [6.45, 7) is 3.51. The van der Waals surface area contributed by atoms with Crippen LogP contribution in [0.1, 0.15) is 25.7 Å². The lowest BCUT2D eigenvalue weighted by molar-refractivity contribution is -0.124. The molecule has 2 aliphatic rings. The first-order valence-electron chi connectivity index (χ1n) is 8.26. The van der Waals surface area contributed by atoms with Crippen molar-refractivity contribution in [1.29, 1.82) is 0 Å². The number of amides is 1. The van der Waals surface area contributed by atoms with Crippen LogP contribution in [0.15, 0.2) is 24.3 Å². The molecular formula is C17H26Cl3N3O2. The minimum atomic E-state index is -0.566. The largest absolute Gasteiger partial charge is 0.492 e. The van der Waals surface area contributed by atoms with Crippen molar-refractivity contribution in [2.75, 3.05) is 26.2 Å². The molecule has 3 N–H and O–H groups in total. The Morgan fingerprint density at radius 2 is 1.84 bits per heavy atom. The van der Waals surface area contributed by atoms with E-state index in [0.717, 1.165) is 51.1 Å². The van der Waals surface area contributed by atoms with Crippen molar-refractivity contribution in [1.82, 2.24) is 10.2 Å². The summed E-state index contributed by atoms with van der Waals surface area (Å²) in [7, 11) is 0. The van der Waals surface area contributed by atoms with Gasteiger partial charge in [0.1, 0.15) is 12.4 Å². The number of nitrogens with two attached hydrogens (primary N) is 1. The van der Waals surface area contributed by atoms with Gasteiger partial charge in [-0.1, -0.05) is 11.6 Å². The van der Waals surface area contributed by atoms with Crippen molar-refractivity contribution in [2.24, 2.45) is 5.73 Å². The molecule has 1 aliphatic carbocycles. The number of carbonyl (C=O) groups excluding carboxylic acids is 1. The third-order valence-electron chi connectivity index (χ3n) is 4.65. The molecule has 142 valence electrons. The van der Waals surface area contributed by atoms with Crippen LogP contribution in [0.5, 0.6) is 5.75 Å². The van der Waals surface area contributed by atoms with Crippen molar-refractivity contribution < 1.29 is 9.53 Å². The first-order valence-corrected chi connectivity index (χ1v) is 8.63. The maximum atomic E-state index is 12.0. The standard InChI is InChI=1S/C17H24ClN3O2.2ClH/c18-13-1-3-15(4-2-13)23-12-11-21-9-5-14(6-10-21)20-16(22)17(19)7-8-17;;/h1-4,14H,5-12,19H2,(H,20,22);2*1H. The quantitative estimate of drug-likeness (QED) is 0.756. The molecule has 0 radical (unpaired) electrons. The number of piperidine rings is 1. The molecule has 8 heteroatoms. The number of nitrogens with zero attached hydrogens (tertiary/aromatic N) is 1. The van der Waals surface area contributed by atoms with Crippen molar-refractivity contribution in [3.05, 3.63) is 29.3 Å². The number of hydrogen-bond acceptors (Lipinski definition) is 4. The van der Waals surface area contributed by atoms with E-state index in [4.69, 9.17) is 22.1 Å². The van der Waals surface area contributed by atoms with Crippen LogP contribution < -0.4 is 15.8 Å². The average Bonchev–Trinajstić information content (AvgIpc) is 3.30. The zero-order valence-corrected chi connectivity index (χ0v) is 16.5. The molecule has 1 heterocycles. The van der Waals surface area contributed by atoms with Crippen molar-refractivity contribution in [3.63, 3.8) is 0 Å². The molecule has 2 fully saturated rings. The number of ether oxygens (including phenoxy) is 1. The van der Waals surface area contributed by atoms with Crippen LogP contribution in [0.2, 0.25) is 5.02 Å². The Morgan fingerprint density at radius 3 is 2.40 bits per heavy atom. The minimum Gasteiger partial charge on any atom is -0.492 e. The lowest BCUT2D eigenvalue weighted by Gasteiger charge is -2.32. The highest BCUT2D eigenvalue weighted by molar-refractivity contribution is 6.30. The van der Waals surface area contributed by atoms with Gasteiger partial charge in [-0.25, -0.2) is 0 Å². The van der Waals surface area contributed by atoms with Gasteiger partial charge in [0, 0.05) is 30.7 Å². The lowest BCUT2D eigenvalue weighted by Crippen LogP contribution is -2.51. The summed E-state index contributed by atoms with van der Waals surface area (Å²) >= 11 is 5.85. The molecule has 0 spiro atoms. The third kappa shape index (κ3) is 6.50. The second kappa shape index (κ2) is 9.83. The highest BCUT2D eigenvalue weighted by Gasteiger charge is 2.46. The second-order valence-corrected chi connectivity index (χ2v) is 6.98. The number of carbonyl (C=O) groups is 1. The Hall–Kier alpha value is -0.720. The third-order valence-corrected chi connectivity index (χ3v) is 4.91. The molecule has 1 saturated carbocycles. The van der Waals surface area contributed by atoms with E-state index in [1.54, 1.807) is 0 Å². The van der Waals surface area contributed by atoms with Crippen LogP contribution in [0, 0.1) is 0 Å². The van der Waals surface area contributed by atoms with Gasteiger partial charge < -0.3 is 15.8 Å². The molecular weight excluding hydrogens is 385 g/mol. The predicted molar refractivity (Wildman–Crippen MR) is 105 cm³/mol. The zero-order valence-electron chi connectivity index (χ0n) is 14.1. The van der Waals surface area contributed by atoms with E-state index in [-0.39, 0.29) is 36.8 Å². The molecule has 0 unspecified atom stereocenters. The molecule has 5 nitrogen and oxygen atoms in total. The van der Waals surface area contributed by atoms with Crippen LogP contribution in [-0.2, 0) is 4.79 Å². The van der Waals surface area contributed by atoms with Gasteiger partial charge in [0.25, 0.3) is 0 Å². The Labute approximate surface area is 166 Å². The van der Waals surface area contributed by atoms with Gasteiger partial charge in [0.05, 0.1) is 5.54 Å². The smallest absolute Gasteiger partial charge is 0.240 e. The topological polar surface area (TPSA) is 67.6 Å². The maximum Gasteiger partial charge on any atom is 0.240 e. The Kier molecular flexibility index (Phi) is 8.78. The van der Waals surface area contributed by atoms with E-state index in [2.05, 4.69) is 10.2 Å². The van der Waals surface area contributed by atoms with Crippen molar-refractivity contribution >= 4 is 42.3 Å². The van der Waals surface area contributed by atoms with E-state index in [1.165, 1.54) is 0 Å². The highest BCUT2D eigenvalue weighted by Crippen LogP contribution is 2.32. The predicted octanol–water partition coefficient (Wildman–Crippen LogP) is 2.63. The van der Waals surface area contributed by atoms with Crippen LogP contribution in [0.4, 0.5) is 0 Å². The zero-order chi connectivity index (χ0) is 16.3. The number of likely N-dealkylation sites (tertiary alicyclic amines) is 1. The van der Waals surface area contributed by atoms with Crippen molar-refractivity contribution in [3.8, 4) is 5.75 Å². The fourth-order valence-electron chi connectivity index (χ4n) is 2.82. The van der Waals surface area contributed by atoms with Gasteiger partial charge in [-0.2, -0.15) is 0 Å². The summed E-state index contributed by atoms with van der Waals surface area (Å²) in [5, 5.41) is 3.81. The second-order valence-electron chi connectivity index (χ2n) is 6.55. The van der Waals surface area contributed by atoms with Gasteiger partial charge in [0.15, 0.2) is 0 Å². The van der Waals surface area contributed by atoms with Crippen LogP contribution in [-0.4, -0.2) is 48.6 Å². The molecule has 1 amide bonds. The summed E-state index contributed by atoms with van der Waals surface area (Å²) in [5.74, 6) is 0.872. The summed E-state index contributed by atoms with van der Waals surface area (Å²) in [4.78, 5) is 14.3. The molecule has 0 atom stereocenters. The van der Waals surface area contributed by atoms with Gasteiger partial charge >= 0.3 is 0 Å². The Morgan fingerprint density at radius 1 is 1.24 bits per heavy atom. The normalized spacial score (nSPS) is 19.3. The fraction of sp³-hybridized carbons (Fsp3) is 0.588. The molecule has 0 bridgehead atoms. The number of hydrogen-bond donors (Lipinski definition) is 2. The number of halogens is 3. The SMILES string of the molecule is Cl.Cl.NC1(C(=O)NC2CCN(CCOc3ccc(Cl)cc3)CC2)CC1. The van der Waals surface area contributed by atoms with E-state index < -0.39 is 5.54 Å². The van der Waals surface area contributed by atoms with Crippen LogP contribution in [0.25, 0.3) is 0 Å². The van der Waals surface area contributed by atoms with E-state index >= 15 is 0 Å². The van der Waals surface area contributed by atoms with E-state index in [9.17, 15) is 4.79 Å². The van der Waals surface area contributed by atoms with Crippen LogP contribution in [0.3, 0.4) is 0 Å². The lowest BCUT2D eigenvalue weighted by atomic mass is 10.0. The number of benzene rings is 1. The molecule has 3 rings (SSSR count). The molecule has 1 aliphatic heterocycles. The summed E-state index contributed by atoms with van der Waals surface area (Å²) in [6, 6.07) is 7.68. The monoisotopic (exact) mass is 409 g/mol. The summed E-state index contributed by atoms with van der Waals surface area (Å²) < 4.78 is 5.72. The molecule has 25 heavy (non-hydrogen) atoms. The summed E-state index contributed by atoms with van der Waals surface area (Å²) in [6.07, 6.45) is 3.59. The van der Waals surface area contributed by atoms with Crippen LogP contribution >= 0.6 is 36.4 Å². The molecule has 1 aromatic rings. The minimum absolute atomic E-state index is 0. The maximum absolute atomic E-state index is 12.0. The average molecular weight is 411 g/mol. The first-order chi connectivity index (χ1) is 11.0. The molecule has 1 aromatic carbocycles. The molecule has 0 aromatic heterocycles. The van der Waals surface area contributed by atoms with Gasteiger partial charge in [-0.05, 0) is 49.9 Å².